The van der Waals surface area contributed by atoms with E-state index in [0.29, 0.717) is 13.2 Å². The molecule has 0 aliphatic carbocycles. The van der Waals surface area contributed by atoms with Gasteiger partial charge < -0.3 is 14.4 Å². The Morgan fingerprint density at radius 3 is 2.48 bits per heavy atom. The van der Waals surface area contributed by atoms with E-state index in [1.54, 1.807) is 7.11 Å². The number of methoxy groups -OCH3 is 1. The SMILES string of the molecule is C=C1C(C)=C[C-]=C(c2ccc(OCCOC)cc2)N1C.[Y]. The summed E-state index contributed by atoms with van der Waals surface area (Å²) in [5, 5.41) is 0. The van der Waals surface area contributed by atoms with E-state index in [-0.39, 0.29) is 32.7 Å². The van der Waals surface area contributed by atoms with E-state index in [4.69, 9.17) is 9.47 Å². The van der Waals surface area contributed by atoms with E-state index >= 15 is 0 Å². The Bertz CT molecular complexity index is 546. The monoisotopic (exact) mass is 359 g/mol. The first-order chi connectivity index (χ1) is 9.63. The van der Waals surface area contributed by atoms with Crippen molar-refractivity contribution in [3.8, 4) is 5.75 Å². The van der Waals surface area contributed by atoms with Crippen LogP contribution in [0.1, 0.15) is 12.5 Å². The Kier molecular flexibility index (Phi) is 7.37. The summed E-state index contributed by atoms with van der Waals surface area (Å²) in [6, 6.07) is 7.98. The number of rotatable bonds is 5. The van der Waals surface area contributed by atoms with Crippen LogP contribution in [0.5, 0.6) is 5.75 Å². The van der Waals surface area contributed by atoms with Crippen LogP contribution in [0.3, 0.4) is 0 Å². The van der Waals surface area contributed by atoms with Crippen molar-refractivity contribution in [2.45, 2.75) is 6.92 Å². The molecule has 0 atom stereocenters. The van der Waals surface area contributed by atoms with E-state index in [0.717, 1.165) is 28.3 Å². The molecule has 0 N–H and O–H groups in total. The minimum atomic E-state index is 0. The summed E-state index contributed by atoms with van der Waals surface area (Å²) in [6.07, 6.45) is 5.27. The third-order valence-corrected chi connectivity index (χ3v) is 3.30. The molecule has 0 spiro atoms. The normalized spacial score (nSPS) is 14.2. The Hall–Kier alpha value is -0.896. The zero-order valence-electron chi connectivity index (χ0n) is 12.8. The van der Waals surface area contributed by atoms with Gasteiger partial charge in [-0.3, -0.25) is 0 Å². The smallest absolute Gasteiger partial charge is 0.117 e. The largest absolute Gasteiger partial charge is 0.491 e. The van der Waals surface area contributed by atoms with Gasteiger partial charge in [-0.1, -0.05) is 24.8 Å². The number of benzene rings is 1. The van der Waals surface area contributed by atoms with Crippen molar-refractivity contribution in [2.24, 2.45) is 0 Å². The van der Waals surface area contributed by atoms with Gasteiger partial charge in [0.2, 0.25) is 0 Å². The van der Waals surface area contributed by atoms with Crippen LogP contribution < -0.4 is 4.74 Å². The maximum atomic E-state index is 5.56. The van der Waals surface area contributed by atoms with Crippen LogP contribution in [0.2, 0.25) is 0 Å². The fourth-order valence-corrected chi connectivity index (χ4v) is 1.99. The van der Waals surface area contributed by atoms with Gasteiger partial charge in [-0.25, -0.2) is 0 Å². The van der Waals surface area contributed by atoms with E-state index in [1.165, 1.54) is 0 Å². The van der Waals surface area contributed by atoms with Crippen molar-refractivity contribution in [2.75, 3.05) is 27.4 Å². The quantitative estimate of drug-likeness (QED) is 0.595. The number of hydrogen-bond acceptors (Lipinski definition) is 3. The molecule has 1 radical (unpaired) electrons. The van der Waals surface area contributed by atoms with Crippen molar-refractivity contribution in [3.63, 3.8) is 0 Å². The molecule has 0 saturated heterocycles. The van der Waals surface area contributed by atoms with Crippen LogP contribution in [0.15, 0.2) is 48.2 Å². The second-order valence-electron chi connectivity index (χ2n) is 4.69. The minimum absolute atomic E-state index is 0. The van der Waals surface area contributed by atoms with Crippen molar-refractivity contribution in [3.05, 3.63) is 59.8 Å². The first kappa shape index (κ1) is 18.2. The Morgan fingerprint density at radius 2 is 1.86 bits per heavy atom. The molecule has 0 saturated carbocycles. The third kappa shape index (κ3) is 4.54. The van der Waals surface area contributed by atoms with Crippen LogP contribution in [0.4, 0.5) is 0 Å². The van der Waals surface area contributed by atoms with Crippen LogP contribution >= 0.6 is 0 Å². The molecule has 0 bridgehead atoms. The van der Waals surface area contributed by atoms with Gasteiger partial charge in [0.25, 0.3) is 0 Å². The number of nitrogens with zero attached hydrogens (tertiary/aromatic N) is 1. The van der Waals surface area contributed by atoms with Crippen molar-refractivity contribution in [1.29, 1.82) is 0 Å². The molecular formula is C17H20NO2Y-. The minimum Gasteiger partial charge on any atom is -0.491 e. The summed E-state index contributed by atoms with van der Waals surface area (Å²) in [5.41, 5.74) is 4.25. The topological polar surface area (TPSA) is 21.7 Å². The average Bonchev–Trinajstić information content (AvgIpc) is 2.46. The molecule has 0 amide bonds. The van der Waals surface area contributed by atoms with Crippen LogP contribution in [0, 0.1) is 6.08 Å². The Labute approximate surface area is 152 Å². The molecule has 0 unspecified atom stereocenters. The van der Waals surface area contributed by atoms with Gasteiger partial charge in [-0.05, 0) is 17.8 Å². The first-order valence-corrected chi connectivity index (χ1v) is 6.59. The molecule has 0 fully saturated rings. The van der Waals surface area contributed by atoms with Crippen LogP contribution in [-0.4, -0.2) is 32.3 Å². The summed E-state index contributed by atoms with van der Waals surface area (Å²) in [4.78, 5) is 2.05. The van der Waals surface area contributed by atoms with Crippen molar-refractivity contribution in [1.82, 2.24) is 4.90 Å². The van der Waals surface area contributed by atoms with Gasteiger partial charge in [0.1, 0.15) is 12.4 Å². The number of allylic oxidation sites excluding steroid dienone is 3. The fraction of sp³-hybridized carbons (Fsp3) is 0.294. The predicted octanol–water partition coefficient (Wildman–Crippen LogP) is 3.26. The van der Waals surface area contributed by atoms with Crippen molar-refractivity contribution < 1.29 is 42.2 Å². The number of hydrogen-bond donors (Lipinski definition) is 0. The zero-order chi connectivity index (χ0) is 14.5. The number of ether oxygens (including phenoxy) is 2. The van der Waals surface area contributed by atoms with Gasteiger partial charge in [0, 0.05) is 46.9 Å². The summed E-state index contributed by atoms with van der Waals surface area (Å²) in [6.45, 7) is 7.26. The molecule has 1 heterocycles. The Morgan fingerprint density at radius 1 is 1.19 bits per heavy atom. The fourth-order valence-electron chi connectivity index (χ4n) is 1.99. The second-order valence-corrected chi connectivity index (χ2v) is 4.69. The van der Waals surface area contributed by atoms with E-state index < -0.39 is 0 Å². The van der Waals surface area contributed by atoms with Gasteiger partial charge in [-0.2, -0.15) is 12.2 Å². The van der Waals surface area contributed by atoms with Gasteiger partial charge in [-0.15, -0.1) is 17.7 Å². The molecule has 4 heteroatoms. The predicted molar refractivity (Wildman–Crippen MR) is 81.1 cm³/mol. The van der Waals surface area contributed by atoms with E-state index in [2.05, 4.69) is 17.6 Å². The molecule has 2 rings (SSSR count). The van der Waals surface area contributed by atoms with E-state index in [9.17, 15) is 0 Å². The molecular weight excluding hydrogens is 339 g/mol. The number of likely N-dealkylation sites (N-methyl/N-ethyl adjacent to an activating group) is 1. The van der Waals surface area contributed by atoms with Crippen molar-refractivity contribution >= 4 is 5.70 Å². The van der Waals surface area contributed by atoms with Gasteiger partial charge in [0.15, 0.2) is 0 Å². The average molecular weight is 359 g/mol. The zero-order valence-corrected chi connectivity index (χ0v) is 15.7. The standard InChI is InChI=1S/C17H20NO2.Y/c1-13-5-10-17(18(3)14(13)2)15-6-8-16(9-7-15)20-12-11-19-4;/h5-9H,2,11-12H2,1,3-4H3;/q-1;. The molecule has 1 aliphatic rings. The maximum absolute atomic E-state index is 5.56. The van der Waals surface area contributed by atoms with E-state index in [1.807, 2.05) is 44.3 Å². The molecule has 1 aromatic rings. The summed E-state index contributed by atoms with van der Waals surface area (Å²) < 4.78 is 10.5. The van der Waals surface area contributed by atoms with Gasteiger partial charge in [0.05, 0.1) is 6.61 Å². The molecule has 3 nitrogen and oxygen atoms in total. The molecule has 1 aromatic carbocycles. The molecule has 0 aromatic heterocycles. The Balaban J connectivity index is 0.00000220. The molecule has 1 aliphatic heterocycles. The summed E-state index contributed by atoms with van der Waals surface area (Å²) >= 11 is 0. The van der Waals surface area contributed by atoms with Gasteiger partial charge >= 0.3 is 0 Å². The summed E-state index contributed by atoms with van der Waals surface area (Å²) in [5.74, 6) is 0.843. The first-order valence-electron chi connectivity index (χ1n) is 6.59. The van der Waals surface area contributed by atoms with Crippen LogP contribution in [-0.2, 0) is 37.4 Å². The van der Waals surface area contributed by atoms with Crippen LogP contribution in [0.25, 0.3) is 5.70 Å². The third-order valence-electron chi connectivity index (χ3n) is 3.30. The summed E-state index contributed by atoms with van der Waals surface area (Å²) in [7, 11) is 3.67. The molecule has 109 valence electrons. The molecule has 21 heavy (non-hydrogen) atoms. The maximum Gasteiger partial charge on any atom is 0.117 e. The second kappa shape index (κ2) is 8.52.